The van der Waals surface area contributed by atoms with E-state index >= 15 is 0 Å². The van der Waals surface area contributed by atoms with E-state index in [0.717, 1.165) is 11.9 Å². The quantitative estimate of drug-likeness (QED) is 0.820. The number of likely N-dealkylation sites (tertiary alicyclic amines) is 1. The van der Waals surface area contributed by atoms with Gasteiger partial charge in [-0.15, -0.1) is 0 Å². The molecule has 2 aromatic rings. The lowest BCUT2D eigenvalue weighted by atomic mass is 9.97. The lowest BCUT2D eigenvalue weighted by Crippen LogP contribution is -2.46. The summed E-state index contributed by atoms with van der Waals surface area (Å²) in [6.07, 6.45) is 4.14. The molecule has 0 saturated carbocycles. The molecule has 1 saturated heterocycles. The summed E-state index contributed by atoms with van der Waals surface area (Å²) in [5.74, 6) is -0.211. The Balaban J connectivity index is 1.43. The van der Waals surface area contributed by atoms with Crippen molar-refractivity contribution in [1.29, 1.82) is 0 Å². The first-order valence-electron chi connectivity index (χ1n) is 8.93. The zero-order valence-electron chi connectivity index (χ0n) is 14.6. The molecule has 6 heteroatoms. The van der Waals surface area contributed by atoms with Gasteiger partial charge in [0.1, 0.15) is 0 Å². The molecule has 0 radical (unpaired) electrons. The highest BCUT2D eigenvalue weighted by atomic mass is 16.5. The largest absolute Gasteiger partial charge is 0.466 e. The van der Waals surface area contributed by atoms with Crippen LogP contribution in [0.1, 0.15) is 25.3 Å². The summed E-state index contributed by atoms with van der Waals surface area (Å²) in [5, 5.41) is 4.18. The van der Waals surface area contributed by atoms with Crippen molar-refractivity contribution in [2.45, 2.75) is 26.2 Å². The summed E-state index contributed by atoms with van der Waals surface area (Å²) in [7, 11) is 0. The number of hydrogen-bond acceptors (Lipinski definition) is 3. The molecule has 0 atom stereocenters. The molecule has 134 valence electrons. The molecule has 2 N–H and O–H groups in total. The maximum Gasteiger partial charge on any atom is 0.317 e. The summed E-state index contributed by atoms with van der Waals surface area (Å²) < 4.78 is 5.06. The fourth-order valence-electron chi connectivity index (χ4n) is 3.33. The van der Waals surface area contributed by atoms with Gasteiger partial charge in [-0.2, -0.15) is 0 Å². The van der Waals surface area contributed by atoms with Crippen LogP contribution >= 0.6 is 0 Å². The van der Waals surface area contributed by atoms with Crippen LogP contribution in [-0.4, -0.2) is 48.1 Å². The van der Waals surface area contributed by atoms with Crippen LogP contribution in [0.4, 0.5) is 4.79 Å². The number of aromatic nitrogens is 1. The molecule has 0 spiro atoms. The van der Waals surface area contributed by atoms with Crippen LogP contribution in [0.3, 0.4) is 0 Å². The third-order valence-corrected chi connectivity index (χ3v) is 4.75. The summed E-state index contributed by atoms with van der Waals surface area (Å²) in [4.78, 5) is 29.1. The summed E-state index contributed by atoms with van der Waals surface area (Å²) in [6, 6.07) is 8.10. The number of nitrogens with zero attached hydrogens (tertiary/aromatic N) is 1. The molecule has 6 nitrogen and oxygen atoms in total. The Hall–Kier alpha value is -2.50. The summed E-state index contributed by atoms with van der Waals surface area (Å²) in [6.45, 7) is 4.02. The van der Waals surface area contributed by atoms with Gasteiger partial charge in [-0.1, -0.05) is 18.2 Å². The van der Waals surface area contributed by atoms with E-state index in [0.29, 0.717) is 39.1 Å². The maximum absolute atomic E-state index is 12.3. The number of carbonyl (C=O) groups excluding carboxylic acids is 2. The van der Waals surface area contributed by atoms with Crippen molar-refractivity contribution < 1.29 is 14.3 Å². The van der Waals surface area contributed by atoms with Crippen LogP contribution in [0.5, 0.6) is 0 Å². The minimum atomic E-state index is -0.137. The number of hydrogen-bond donors (Lipinski definition) is 2. The second-order valence-corrected chi connectivity index (χ2v) is 6.35. The number of carbonyl (C=O) groups is 2. The van der Waals surface area contributed by atoms with Crippen LogP contribution in [-0.2, 0) is 16.0 Å². The Morgan fingerprint density at radius 2 is 2.04 bits per heavy atom. The minimum absolute atomic E-state index is 0.0536. The third kappa shape index (κ3) is 4.13. The van der Waals surface area contributed by atoms with E-state index in [4.69, 9.17) is 4.74 Å². The van der Waals surface area contributed by atoms with Gasteiger partial charge in [-0.3, -0.25) is 4.79 Å². The smallest absolute Gasteiger partial charge is 0.317 e. The average molecular weight is 343 g/mol. The number of para-hydroxylation sites is 1. The first-order chi connectivity index (χ1) is 12.2. The van der Waals surface area contributed by atoms with Crippen LogP contribution in [0.25, 0.3) is 10.9 Å². The normalized spacial score (nSPS) is 15.3. The van der Waals surface area contributed by atoms with Gasteiger partial charge >= 0.3 is 12.0 Å². The molecule has 1 aromatic heterocycles. The van der Waals surface area contributed by atoms with Crippen molar-refractivity contribution in [2.24, 2.45) is 5.92 Å². The molecule has 25 heavy (non-hydrogen) atoms. The topological polar surface area (TPSA) is 74.4 Å². The number of aromatic amines is 1. The van der Waals surface area contributed by atoms with Gasteiger partial charge in [-0.05, 0) is 37.8 Å². The minimum Gasteiger partial charge on any atom is -0.466 e. The average Bonchev–Trinajstić information content (AvgIpc) is 3.05. The van der Waals surface area contributed by atoms with Gasteiger partial charge in [0.25, 0.3) is 0 Å². The van der Waals surface area contributed by atoms with E-state index in [2.05, 4.69) is 16.4 Å². The lowest BCUT2D eigenvalue weighted by molar-refractivity contribution is -0.149. The van der Waals surface area contributed by atoms with Gasteiger partial charge in [0, 0.05) is 36.7 Å². The molecule has 0 aliphatic carbocycles. The predicted molar refractivity (Wildman–Crippen MR) is 96.3 cm³/mol. The zero-order valence-corrected chi connectivity index (χ0v) is 14.6. The van der Waals surface area contributed by atoms with E-state index in [-0.39, 0.29) is 17.9 Å². The van der Waals surface area contributed by atoms with Gasteiger partial charge in [-0.25, -0.2) is 4.79 Å². The highest BCUT2D eigenvalue weighted by molar-refractivity contribution is 5.83. The first-order valence-corrected chi connectivity index (χ1v) is 8.93. The van der Waals surface area contributed by atoms with Gasteiger partial charge < -0.3 is 19.9 Å². The highest BCUT2D eigenvalue weighted by Crippen LogP contribution is 2.19. The standard InChI is InChI=1S/C19H25N3O3/c1-2-25-18(23)14-8-11-22(12-9-14)19(24)20-10-7-15-13-21-17-6-4-3-5-16(15)17/h3-6,13-14,21H,2,7-12H2,1H3,(H,20,24). The molecule has 1 aliphatic heterocycles. The number of fused-ring (bicyclic) bond motifs is 1. The predicted octanol–water partition coefficient (Wildman–Crippen LogP) is 2.70. The number of nitrogens with one attached hydrogen (secondary N) is 2. The van der Waals surface area contributed by atoms with Crippen LogP contribution in [0.2, 0.25) is 0 Å². The number of H-pyrrole nitrogens is 1. The number of piperidine rings is 1. The molecule has 2 heterocycles. The van der Waals surface area contributed by atoms with Crippen molar-refractivity contribution >= 4 is 22.9 Å². The van der Waals surface area contributed by atoms with Gasteiger partial charge in [0.05, 0.1) is 12.5 Å². The molecular formula is C19H25N3O3. The Morgan fingerprint density at radius 3 is 2.80 bits per heavy atom. The highest BCUT2D eigenvalue weighted by Gasteiger charge is 2.27. The molecule has 0 unspecified atom stereocenters. The van der Waals surface area contributed by atoms with Crippen LogP contribution < -0.4 is 5.32 Å². The number of esters is 1. The van der Waals surface area contributed by atoms with Crippen molar-refractivity contribution in [2.75, 3.05) is 26.2 Å². The van der Waals surface area contributed by atoms with Crippen molar-refractivity contribution in [1.82, 2.24) is 15.2 Å². The van der Waals surface area contributed by atoms with E-state index in [1.54, 1.807) is 4.90 Å². The van der Waals surface area contributed by atoms with Crippen molar-refractivity contribution in [3.8, 4) is 0 Å². The Morgan fingerprint density at radius 1 is 1.28 bits per heavy atom. The third-order valence-electron chi connectivity index (χ3n) is 4.75. The second kappa shape index (κ2) is 8.05. The van der Waals surface area contributed by atoms with Gasteiger partial charge in [0.2, 0.25) is 0 Å². The molecule has 2 amide bonds. The number of benzene rings is 1. The van der Waals surface area contributed by atoms with E-state index < -0.39 is 0 Å². The Kier molecular flexibility index (Phi) is 5.58. The van der Waals surface area contributed by atoms with Crippen LogP contribution in [0.15, 0.2) is 30.5 Å². The van der Waals surface area contributed by atoms with E-state index in [9.17, 15) is 9.59 Å². The molecule has 0 bridgehead atoms. The lowest BCUT2D eigenvalue weighted by Gasteiger charge is -2.30. The SMILES string of the molecule is CCOC(=O)C1CCN(C(=O)NCCc2c[nH]c3ccccc23)CC1. The summed E-state index contributed by atoms with van der Waals surface area (Å²) in [5.41, 5.74) is 2.32. The van der Waals surface area contributed by atoms with Crippen molar-refractivity contribution in [3.63, 3.8) is 0 Å². The maximum atomic E-state index is 12.3. The summed E-state index contributed by atoms with van der Waals surface area (Å²) >= 11 is 0. The van der Waals surface area contributed by atoms with E-state index in [1.165, 1.54) is 10.9 Å². The molecule has 1 aromatic carbocycles. The number of urea groups is 1. The van der Waals surface area contributed by atoms with Crippen LogP contribution in [0, 0.1) is 5.92 Å². The van der Waals surface area contributed by atoms with E-state index in [1.807, 2.05) is 31.3 Å². The molecular weight excluding hydrogens is 318 g/mol. The number of amides is 2. The number of ether oxygens (including phenoxy) is 1. The fraction of sp³-hybridized carbons (Fsp3) is 0.474. The molecule has 1 fully saturated rings. The Bertz CT molecular complexity index is 732. The molecule has 1 aliphatic rings. The second-order valence-electron chi connectivity index (χ2n) is 6.35. The zero-order chi connectivity index (χ0) is 17.6. The fourth-order valence-corrected chi connectivity index (χ4v) is 3.33. The first kappa shape index (κ1) is 17.3. The monoisotopic (exact) mass is 343 g/mol. The van der Waals surface area contributed by atoms with Crippen molar-refractivity contribution in [3.05, 3.63) is 36.0 Å². The number of rotatable bonds is 5. The Labute approximate surface area is 147 Å². The molecule has 3 rings (SSSR count). The van der Waals surface area contributed by atoms with Gasteiger partial charge in [0.15, 0.2) is 0 Å².